The van der Waals surface area contributed by atoms with Gasteiger partial charge in [-0.3, -0.25) is 10.1 Å². The van der Waals surface area contributed by atoms with E-state index in [-0.39, 0.29) is 5.91 Å². The van der Waals surface area contributed by atoms with Crippen molar-refractivity contribution in [3.8, 4) is 5.75 Å². The van der Waals surface area contributed by atoms with E-state index >= 15 is 0 Å². The van der Waals surface area contributed by atoms with Gasteiger partial charge in [-0.2, -0.15) is 0 Å². The molecule has 2 aromatic carbocycles. The molecule has 0 heterocycles. The minimum absolute atomic E-state index is 0.256. The Morgan fingerprint density at radius 1 is 1.04 bits per heavy atom. The Balaban J connectivity index is 1.81. The Labute approximate surface area is 161 Å². The van der Waals surface area contributed by atoms with Crippen LogP contribution in [-0.2, 0) is 6.42 Å². The van der Waals surface area contributed by atoms with E-state index in [1.54, 1.807) is 6.07 Å². The number of carbonyl (C=O) groups is 1. The van der Waals surface area contributed by atoms with Crippen molar-refractivity contribution in [1.29, 1.82) is 0 Å². The van der Waals surface area contributed by atoms with Gasteiger partial charge in [-0.25, -0.2) is 0 Å². The summed E-state index contributed by atoms with van der Waals surface area (Å²) >= 11 is 5.23. The average Bonchev–Trinajstić information content (AvgIpc) is 2.66. The van der Waals surface area contributed by atoms with Crippen molar-refractivity contribution in [2.24, 2.45) is 0 Å². The number of amides is 1. The third-order valence-electron chi connectivity index (χ3n) is 3.91. The van der Waals surface area contributed by atoms with Gasteiger partial charge in [0.05, 0.1) is 12.2 Å². The molecule has 0 bridgehead atoms. The number of para-hydroxylation sites is 1. The molecular weight excluding hydrogens is 344 g/mol. The van der Waals surface area contributed by atoms with Crippen molar-refractivity contribution < 1.29 is 9.53 Å². The highest BCUT2D eigenvalue weighted by Gasteiger charge is 2.13. The average molecular weight is 371 g/mol. The van der Waals surface area contributed by atoms with Crippen molar-refractivity contribution >= 4 is 23.2 Å². The van der Waals surface area contributed by atoms with E-state index in [9.17, 15) is 4.79 Å². The second kappa shape index (κ2) is 11.3. The van der Waals surface area contributed by atoms with Gasteiger partial charge in [0.1, 0.15) is 5.75 Å². The van der Waals surface area contributed by atoms with Crippen molar-refractivity contribution in [3.63, 3.8) is 0 Å². The fourth-order valence-corrected chi connectivity index (χ4v) is 2.69. The summed E-state index contributed by atoms with van der Waals surface area (Å²) in [6, 6.07) is 17.4. The summed E-state index contributed by atoms with van der Waals surface area (Å²) < 4.78 is 5.76. The molecule has 0 unspecified atom stereocenters. The molecule has 0 spiro atoms. The van der Waals surface area contributed by atoms with Gasteiger partial charge in [0.25, 0.3) is 5.91 Å². The zero-order valence-electron chi connectivity index (χ0n) is 15.2. The summed E-state index contributed by atoms with van der Waals surface area (Å²) in [5.41, 5.74) is 1.72. The van der Waals surface area contributed by atoms with Gasteiger partial charge in [-0.05, 0) is 42.8 Å². The molecule has 2 rings (SSSR count). The highest BCUT2D eigenvalue weighted by Crippen LogP contribution is 2.18. The van der Waals surface area contributed by atoms with Gasteiger partial charge in [0.15, 0.2) is 5.11 Å². The molecule has 5 heteroatoms. The largest absolute Gasteiger partial charge is 0.493 e. The molecule has 0 aliphatic heterocycles. The number of thiocarbonyl (C=S) groups is 1. The van der Waals surface area contributed by atoms with Crippen LogP contribution in [0.25, 0.3) is 0 Å². The van der Waals surface area contributed by atoms with E-state index in [0.717, 1.165) is 25.7 Å². The molecule has 0 aromatic heterocycles. The summed E-state index contributed by atoms with van der Waals surface area (Å²) in [4.78, 5) is 12.5. The number of benzene rings is 2. The number of hydrogen-bond acceptors (Lipinski definition) is 3. The monoisotopic (exact) mass is 370 g/mol. The fraction of sp³-hybridized carbons (Fsp3) is 0.333. The number of hydrogen-bond donors (Lipinski definition) is 2. The van der Waals surface area contributed by atoms with Crippen LogP contribution in [0.2, 0.25) is 0 Å². The van der Waals surface area contributed by atoms with Crippen LogP contribution in [0, 0.1) is 0 Å². The predicted molar refractivity (Wildman–Crippen MR) is 110 cm³/mol. The van der Waals surface area contributed by atoms with Crippen LogP contribution in [0.5, 0.6) is 5.75 Å². The van der Waals surface area contributed by atoms with Gasteiger partial charge in [-0.1, -0.05) is 62.2 Å². The molecule has 0 aliphatic carbocycles. The van der Waals surface area contributed by atoms with E-state index in [0.29, 0.717) is 29.6 Å². The Bertz CT molecular complexity index is 704. The maximum absolute atomic E-state index is 12.5. The lowest BCUT2D eigenvalue weighted by molar-refractivity contribution is 0.0972. The second-order valence-electron chi connectivity index (χ2n) is 6.00. The molecule has 4 nitrogen and oxygen atoms in total. The smallest absolute Gasteiger partial charge is 0.261 e. The van der Waals surface area contributed by atoms with Crippen LogP contribution in [0.15, 0.2) is 54.6 Å². The topological polar surface area (TPSA) is 50.4 Å². The molecule has 0 saturated heterocycles. The van der Waals surface area contributed by atoms with Crippen LogP contribution in [-0.4, -0.2) is 24.2 Å². The van der Waals surface area contributed by atoms with Gasteiger partial charge >= 0.3 is 0 Å². The van der Waals surface area contributed by atoms with E-state index in [4.69, 9.17) is 17.0 Å². The summed E-state index contributed by atoms with van der Waals surface area (Å²) in [5, 5.41) is 6.12. The maximum Gasteiger partial charge on any atom is 0.261 e. The molecule has 0 saturated carbocycles. The number of ether oxygens (including phenoxy) is 1. The highest BCUT2D eigenvalue weighted by molar-refractivity contribution is 7.80. The predicted octanol–water partition coefficient (Wildman–Crippen LogP) is 4.10. The van der Waals surface area contributed by atoms with Crippen molar-refractivity contribution in [2.45, 2.75) is 32.6 Å². The summed E-state index contributed by atoms with van der Waals surface area (Å²) in [6.45, 7) is 3.42. The molecule has 26 heavy (non-hydrogen) atoms. The zero-order chi connectivity index (χ0) is 18.6. The van der Waals surface area contributed by atoms with Gasteiger partial charge in [0, 0.05) is 6.54 Å². The number of rotatable bonds is 9. The van der Waals surface area contributed by atoms with Gasteiger partial charge in [0.2, 0.25) is 0 Å². The molecule has 0 aliphatic rings. The summed E-state index contributed by atoms with van der Waals surface area (Å²) in [7, 11) is 0. The number of nitrogens with one attached hydrogen (secondary N) is 2. The second-order valence-corrected chi connectivity index (χ2v) is 6.41. The quantitative estimate of drug-likeness (QED) is 0.515. The Morgan fingerprint density at radius 2 is 1.77 bits per heavy atom. The minimum Gasteiger partial charge on any atom is -0.493 e. The highest BCUT2D eigenvalue weighted by atomic mass is 32.1. The van der Waals surface area contributed by atoms with Crippen LogP contribution >= 0.6 is 12.2 Å². The number of unbranched alkanes of at least 4 members (excludes halogenated alkanes) is 2. The molecule has 0 atom stereocenters. The summed E-state index contributed by atoms with van der Waals surface area (Å²) in [5.74, 6) is 0.335. The van der Waals surface area contributed by atoms with E-state index in [1.165, 1.54) is 5.56 Å². The summed E-state index contributed by atoms with van der Waals surface area (Å²) in [6.07, 6.45) is 4.07. The maximum atomic E-state index is 12.5. The van der Waals surface area contributed by atoms with Gasteiger partial charge < -0.3 is 10.1 Å². The van der Waals surface area contributed by atoms with Crippen LogP contribution in [0.3, 0.4) is 0 Å². The first kappa shape index (κ1) is 19.9. The molecule has 138 valence electrons. The van der Waals surface area contributed by atoms with Crippen LogP contribution in [0.1, 0.15) is 42.1 Å². The Kier molecular flexibility index (Phi) is 8.63. The fourth-order valence-electron chi connectivity index (χ4n) is 2.49. The normalized spacial score (nSPS) is 10.2. The molecule has 0 radical (unpaired) electrons. The third kappa shape index (κ3) is 6.84. The Morgan fingerprint density at radius 3 is 2.54 bits per heavy atom. The first-order valence-corrected chi connectivity index (χ1v) is 9.46. The standard InChI is InChI=1S/C21H26N2O2S/c1-2-3-9-16-25-19-13-8-7-12-18(19)20(24)23-21(26)22-15-14-17-10-5-4-6-11-17/h4-8,10-13H,2-3,9,14-16H2,1H3,(H2,22,23,24,26). The third-order valence-corrected chi connectivity index (χ3v) is 4.15. The molecule has 2 aromatic rings. The lowest BCUT2D eigenvalue weighted by atomic mass is 10.1. The molecule has 1 amide bonds. The van der Waals surface area contributed by atoms with Gasteiger partial charge in [-0.15, -0.1) is 0 Å². The lowest BCUT2D eigenvalue weighted by Crippen LogP contribution is -2.40. The zero-order valence-corrected chi connectivity index (χ0v) is 16.0. The van der Waals surface area contributed by atoms with Crippen LogP contribution in [0.4, 0.5) is 0 Å². The molecule has 0 fully saturated rings. The molecular formula is C21H26N2O2S. The van der Waals surface area contributed by atoms with Crippen molar-refractivity contribution in [1.82, 2.24) is 10.6 Å². The van der Waals surface area contributed by atoms with Crippen molar-refractivity contribution in [3.05, 3.63) is 65.7 Å². The number of carbonyl (C=O) groups excluding carboxylic acids is 1. The van der Waals surface area contributed by atoms with E-state index < -0.39 is 0 Å². The first-order chi connectivity index (χ1) is 12.7. The molecule has 2 N–H and O–H groups in total. The van der Waals surface area contributed by atoms with E-state index in [2.05, 4.69) is 29.7 Å². The van der Waals surface area contributed by atoms with Crippen molar-refractivity contribution in [2.75, 3.05) is 13.2 Å². The first-order valence-electron chi connectivity index (χ1n) is 9.05. The lowest BCUT2D eigenvalue weighted by Gasteiger charge is -2.13. The Hall–Kier alpha value is -2.40. The van der Waals surface area contributed by atoms with Crippen LogP contribution < -0.4 is 15.4 Å². The SMILES string of the molecule is CCCCCOc1ccccc1C(=O)NC(=S)NCCc1ccccc1. The van der Waals surface area contributed by atoms with E-state index in [1.807, 2.05) is 36.4 Å². The minimum atomic E-state index is -0.256.